The number of allylic oxidation sites excluding steroid dienone is 2. The van der Waals surface area contributed by atoms with E-state index in [1.54, 1.807) is 30.5 Å². The van der Waals surface area contributed by atoms with E-state index in [2.05, 4.69) is 10.3 Å². The summed E-state index contributed by atoms with van der Waals surface area (Å²) in [5.41, 5.74) is 3.66. The van der Waals surface area contributed by atoms with E-state index in [1.807, 2.05) is 42.5 Å². The van der Waals surface area contributed by atoms with Crippen LogP contribution < -0.4 is 5.32 Å². The number of carbonyl (C=O) groups is 2. The number of rotatable bonds is 5. The molecule has 0 saturated heterocycles. The van der Waals surface area contributed by atoms with Gasteiger partial charge in [0.05, 0.1) is 0 Å². The van der Waals surface area contributed by atoms with E-state index in [1.165, 1.54) is 0 Å². The van der Waals surface area contributed by atoms with Crippen molar-refractivity contribution >= 4 is 28.9 Å². The van der Waals surface area contributed by atoms with Crippen molar-refractivity contribution < 1.29 is 9.59 Å². The molecular weight excluding hydrogens is 372 g/mol. The Bertz CT molecular complexity index is 1090. The van der Waals surface area contributed by atoms with E-state index >= 15 is 0 Å². The summed E-state index contributed by atoms with van der Waals surface area (Å²) < 4.78 is 0. The average molecular weight is 389 g/mol. The Kier molecular flexibility index (Phi) is 5.04. The zero-order valence-corrected chi connectivity index (χ0v) is 15.7. The zero-order chi connectivity index (χ0) is 19.5. The SMILES string of the molecule is O=C1C(Cl)=C(Nc2cccc(CCc3ccccn3)c2)C(=O)c2ccccc21. The molecule has 28 heavy (non-hydrogen) atoms. The van der Waals surface area contributed by atoms with Crippen molar-refractivity contribution in [3.05, 3.63) is 106 Å². The number of halogens is 1. The van der Waals surface area contributed by atoms with Crippen LogP contribution in [0.1, 0.15) is 32.0 Å². The fraction of sp³-hybridized carbons (Fsp3) is 0.0870. The number of Topliss-reactive ketones (excluding diaryl/α,β-unsaturated/α-hetero) is 2. The summed E-state index contributed by atoms with van der Waals surface area (Å²) in [5, 5.41) is 2.97. The maximum absolute atomic E-state index is 12.8. The molecule has 4 nitrogen and oxygen atoms in total. The zero-order valence-electron chi connectivity index (χ0n) is 15.0. The molecular formula is C23H17ClN2O2. The molecule has 1 heterocycles. The number of fused-ring (bicyclic) bond motifs is 1. The van der Waals surface area contributed by atoms with Gasteiger partial charge in [-0.25, -0.2) is 0 Å². The number of nitrogens with one attached hydrogen (secondary N) is 1. The van der Waals surface area contributed by atoms with Crippen molar-refractivity contribution in [3.63, 3.8) is 0 Å². The number of pyridine rings is 1. The number of anilines is 1. The molecule has 0 atom stereocenters. The van der Waals surface area contributed by atoms with Crippen molar-refractivity contribution in [2.45, 2.75) is 12.8 Å². The molecule has 0 radical (unpaired) electrons. The van der Waals surface area contributed by atoms with Crippen molar-refractivity contribution in [2.24, 2.45) is 0 Å². The highest BCUT2D eigenvalue weighted by Crippen LogP contribution is 2.29. The number of ketones is 2. The Hall–Kier alpha value is -3.24. The molecule has 3 aromatic rings. The van der Waals surface area contributed by atoms with E-state index in [4.69, 9.17) is 11.6 Å². The van der Waals surface area contributed by atoms with E-state index in [0.717, 1.165) is 24.1 Å². The molecule has 5 heteroatoms. The highest BCUT2D eigenvalue weighted by atomic mass is 35.5. The fourth-order valence-corrected chi connectivity index (χ4v) is 3.46. The third-order valence-corrected chi connectivity index (χ3v) is 5.02. The molecule has 1 aliphatic carbocycles. The van der Waals surface area contributed by atoms with Gasteiger partial charge >= 0.3 is 0 Å². The van der Waals surface area contributed by atoms with Crippen molar-refractivity contribution in [3.8, 4) is 0 Å². The molecule has 0 amide bonds. The number of hydrogen-bond acceptors (Lipinski definition) is 4. The minimum absolute atomic E-state index is 0.0809. The molecule has 1 aliphatic rings. The predicted molar refractivity (Wildman–Crippen MR) is 110 cm³/mol. The molecule has 2 aromatic carbocycles. The Labute approximate surface area is 167 Å². The quantitative estimate of drug-likeness (QED) is 0.681. The first kappa shape index (κ1) is 18.1. The summed E-state index contributed by atoms with van der Waals surface area (Å²) in [6, 6.07) is 20.3. The van der Waals surface area contributed by atoms with Gasteiger partial charge in [-0.3, -0.25) is 14.6 Å². The number of aromatic nitrogens is 1. The first-order valence-corrected chi connectivity index (χ1v) is 9.35. The van der Waals surface area contributed by atoms with Gasteiger partial charge in [0.15, 0.2) is 0 Å². The van der Waals surface area contributed by atoms with E-state index in [9.17, 15) is 9.59 Å². The van der Waals surface area contributed by atoms with Crippen LogP contribution in [-0.4, -0.2) is 16.6 Å². The lowest BCUT2D eigenvalue weighted by Gasteiger charge is -2.19. The number of carbonyl (C=O) groups excluding carboxylic acids is 2. The summed E-state index contributed by atoms with van der Waals surface area (Å²) in [7, 11) is 0. The topological polar surface area (TPSA) is 59.1 Å². The Morgan fingerprint density at radius 2 is 1.57 bits per heavy atom. The molecule has 0 spiro atoms. The summed E-state index contributed by atoms with van der Waals surface area (Å²) in [5.74, 6) is -0.621. The van der Waals surface area contributed by atoms with Crippen LogP contribution in [0.2, 0.25) is 0 Å². The van der Waals surface area contributed by atoms with Gasteiger partial charge in [0.1, 0.15) is 10.7 Å². The third kappa shape index (κ3) is 3.59. The third-order valence-electron chi connectivity index (χ3n) is 4.65. The van der Waals surface area contributed by atoms with Crippen molar-refractivity contribution in [1.29, 1.82) is 0 Å². The molecule has 4 rings (SSSR count). The van der Waals surface area contributed by atoms with Gasteiger partial charge in [0.25, 0.3) is 0 Å². The van der Waals surface area contributed by atoms with Crippen LogP contribution in [0.3, 0.4) is 0 Å². The minimum Gasteiger partial charge on any atom is -0.351 e. The first-order chi connectivity index (χ1) is 13.6. The van der Waals surface area contributed by atoms with Gasteiger partial charge in [-0.15, -0.1) is 0 Å². The maximum Gasteiger partial charge on any atom is 0.211 e. The number of hydrogen-bond donors (Lipinski definition) is 1. The molecule has 0 bridgehead atoms. The van der Waals surface area contributed by atoms with Crippen LogP contribution in [-0.2, 0) is 12.8 Å². The van der Waals surface area contributed by atoms with Crippen molar-refractivity contribution in [1.82, 2.24) is 4.98 Å². The number of aryl methyl sites for hydroxylation is 2. The summed E-state index contributed by atoms with van der Waals surface area (Å²) in [6.45, 7) is 0. The highest BCUT2D eigenvalue weighted by Gasteiger charge is 2.31. The molecule has 0 aliphatic heterocycles. The lowest BCUT2D eigenvalue weighted by molar-refractivity contribution is 0.0982. The van der Waals surface area contributed by atoms with Crippen LogP contribution in [0.4, 0.5) is 5.69 Å². The normalized spacial score (nSPS) is 13.5. The Morgan fingerprint density at radius 1 is 0.821 bits per heavy atom. The summed E-state index contributed by atoms with van der Waals surface area (Å²) >= 11 is 6.23. The van der Waals surface area contributed by atoms with Gasteiger partial charge in [-0.1, -0.05) is 54.1 Å². The molecule has 0 saturated carbocycles. The number of benzene rings is 2. The van der Waals surface area contributed by atoms with E-state index < -0.39 is 0 Å². The maximum atomic E-state index is 12.8. The number of nitrogens with zero attached hydrogens (tertiary/aromatic N) is 1. The smallest absolute Gasteiger partial charge is 0.211 e. The summed E-state index contributed by atoms with van der Waals surface area (Å²) in [4.78, 5) is 29.6. The van der Waals surface area contributed by atoms with E-state index in [0.29, 0.717) is 16.8 Å². The van der Waals surface area contributed by atoms with Crippen LogP contribution in [0.5, 0.6) is 0 Å². The minimum atomic E-state index is -0.342. The second kappa shape index (κ2) is 7.79. The molecule has 138 valence electrons. The van der Waals surface area contributed by atoms with Crippen LogP contribution >= 0.6 is 11.6 Å². The van der Waals surface area contributed by atoms with Crippen LogP contribution in [0.25, 0.3) is 0 Å². The van der Waals surface area contributed by atoms with Crippen LogP contribution in [0.15, 0.2) is 83.7 Å². The Balaban J connectivity index is 1.55. The fourth-order valence-electron chi connectivity index (χ4n) is 3.22. The molecule has 0 unspecified atom stereocenters. The van der Waals surface area contributed by atoms with Gasteiger partial charge in [0, 0.05) is 28.7 Å². The van der Waals surface area contributed by atoms with Crippen molar-refractivity contribution in [2.75, 3.05) is 5.32 Å². The highest BCUT2D eigenvalue weighted by molar-refractivity contribution is 6.50. The first-order valence-electron chi connectivity index (χ1n) is 8.97. The monoisotopic (exact) mass is 388 g/mol. The largest absolute Gasteiger partial charge is 0.351 e. The average Bonchev–Trinajstić information content (AvgIpc) is 2.75. The van der Waals surface area contributed by atoms with Gasteiger partial charge in [0.2, 0.25) is 11.6 Å². The lowest BCUT2D eigenvalue weighted by Crippen LogP contribution is -2.24. The Morgan fingerprint density at radius 3 is 2.32 bits per heavy atom. The predicted octanol–water partition coefficient (Wildman–Crippen LogP) is 4.81. The van der Waals surface area contributed by atoms with Gasteiger partial charge in [-0.05, 0) is 42.7 Å². The van der Waals surface area contributed by atoms with E-state index in [-0.39, 0.29) is 22.3 Å². The molecule has 0 fully saturated rings. The standard InChI is InChI=1S/C23H17ClN2O2/c24-20-21(23(28)19-10-2-1-9-18(19)22(20)27)26-17-8-5-6-15(14-17)11-12-16-7-3-4-13-25-16/h1-10,13-14,26H,11-12H2. The van der Waals surface area contributed by atoms with Gasteiger partial charge in [-0.2, -0.15) is 0 Å². The summed E-state index contributed by atoms with van der Waals surface area (Å²) in [6.07, 6.45) is 3.42. The van der Waals surface area contributed by atoms with Crippen LogP contribution in [0, 0.1) is 0 Å². The van der Waals surface area contributed by atoms with Gasteiger partial charge < -0.3 is 5.32 Å². The second-order valence-electron chi connectivity index (χ2n) is 6.54. The molecule has 1 N–H and O–H groups in total. The lowest BCUT2D eigenvalue weighted by atomic mass is 9.92. The molecule has 1 aromatic heterocycles. The second-order valence-corrected chi connectivity index (χ2v) is 6.92.